The van der Waals surface area contributed by atoms with Crippen LogP contribution < -0.4 is 4.90 Å². The molecular weight excluding hydrogens is 398 g/mol. The molecular formula is C23H29N3O3S. The standard InChI is InChI=1S/C23H29N3O3S/c1-24(20-7-5-6-8-20)30(28,29)22-13-11-19(12-14-22)23(27)26-17-15-25(16-18-26)21-9-3-2-4-10-21/h2-4,9-14,20H,5-8,15-18H2,1H3. The van der Waals surface area contributed by atoms with Crippen molar-refractivity contribution in [2.45, 2.75) is 36.6 Å². The maximum atomic E-state index is 12.9. The van der Waals surface area contributed by atoms with E-state index in [2.05, 4.69) is 17.0 Å². The van der Waals surface area contributed by atoms with Crippen LogP contribution in [0.5, 0.6) is 0 Å². The molecule has 2 aromatic carbocycles. The average molecular weight is 428 g/mol. The zero-order valence-corrected chi connectivity index (χ0v) is 18.2. The fraction of sp³-hybridized carbons (Fsp3) is 0.435. The Balaban J connectivity index is 1.40. The molecule has 0 atom stereocenters. The number of nitrogens with zero attached hydrogens (tertiary/aromatic N) is 3. The van der Waals surface area contributed by atoms with Crippen molar-refractivity contribution in [1.82, 2.24) is 9.21 Å². The van der Waals surface area contributed by atoms with E-state index in [0.29, 0.717) is 18.7 Å². The predicted octanol–water partition coefficient (Wildman–Crippen LogP) is 3.21. The van der Waals surface area contributed by atoms with Crippen LogP contribution in [0.3, 0.4) is 0 Å². The number of carbonyl (C=O) groups excluding carboxylic acids is 1. The van der Waals surface area contributed by atoms with E-state index >= 15 is 0 Å². The molecule has 0 unspecified atom stereocenters. The highest BCUT2D eigenvalue weighted by atomic mass is 32.2. The van der Waals surface area contributed by atoms with Gasteiger partial charge in [0.15, 0.2) is 0 Å². The summed E-state index contributed by atoms with van der Waals surface area (Å²) in [5, 5.41) is 0. The number of rotatable bonds is 5. The first kappa shape index (κ1) is 20.9. The van der Waals surface area contributed by atoms with E-state index in [0.717, 1.165) is 38.8 Å². The summed E-state index contributed by atoms with van der Waals surface area (Å²) in [5.74, 6) is -0.0455. The fourth-order valence-corrected chi connectivity index (χ4v) is 5.80. The summed E-state index contributed by atoms with van der Waals surface area (Å²) < 4.78 is 27.3. The Morgan fingerprint density at radius 3 is 2.10 bits per heavy atom. The summed E-state index contributed by atoms with van der Waals surface area (Å²) in [4.78, 5) is 17.3. The van der Waals surface area contributed by atoms with E-state index < -0.39 is 10.0 Å². The molecule has 0 aromatic heterocycles. The topological polar surface area (TPSA) is 60.9 Å². The second-order valence-electron chi connectivity index (χ2n) is 8.10. The Hall–Kier alpha value is -2.38. The molecule has 1 aliphatic carbocycles. The Morgan fingerprint density at radius 2 is 1.50 bits per heavy atom. The average Bonchev–Trinajstić information content (AvgIpc) is 3.34. The molecule has 30 heavy (non-hydrogen) atoms. The first-order chi connectivity index (χ1) is 14.5. The normalized spacial score (nSPS) is 18.2. The summed E-state index contributed by atoms with van der Waals surface area (Å²) in [6, 6.07) is 16.7. The lowest BCUT2D eigenvalue weighted by atomic mass is 10.1. The SMILES string of the molecule is CN(C1CCCC1)S(=O)(=O)c1ccc(C(=O)N2CCN(c3ccccc3)CC2)cc1. The van der Waals surface area contributed by atoms with Crippen LogP contribution in [0.15, 0.2) is 59.5 Å². The first-order valence-electron chi connectivity index (χ1n) is 10.6. The van der Waals surface area contributed by atoms with E-state index in [-0.39, 0.29) is 16.8 Å². The van der Waals surface area contributed by atoms with E-state index in [1.54, 1.807) is 31.3 Å². The van der Waals surface area contributed by atoms with Crippen molar-refractivity contribution < 1.29 is 13.2 Å². The molecule has 0 spiro atoms. The second kappa shape index (κ2) is 8.78. The third-order valence-corrected chi connectivity index (χ3v) is 8.23. The Bertz CT molecular complexity index is 963. The van der Waals surface area contributed by atoms with Crippen LogP contribution in [0.4, 0.5) is 5.69 Å². The maximum Gasteiger partial charge on any atom is 0.253 e. The molecule has 0 N–H and O–H groups in total. The molecule has 1 aliphatic heterocycles. The largest absolute Gasteiger partial charge is 0.368 e. The minimum atomic E-state index is -3.53. The number of sulfonamides is 1. The maximum absolute atomic E-state index is 12.9. The van der Waals surface area contributed by atoms with Crippen LogP contribution in [0.2, 0.25) is 0 Å². The Kier molecular flexibility index (Phi) is 6.11. The lowest BCUT2D eigenvalue weighted by Gasteiger charge is -2.36. The lowest BCUT2D eigenvalue weighted by Crippen LogP contribution is -2.48. The molecule has 2 aromatic rings. The van der Waals surface area contributed by atoms with Crippen molar-refractivity contribution in [2.24, 2.45) is 0 Å². The smallest absolute Gasteiger partial charge is 0.253 e. The van der Waals surface area contributed by atoms with Crippen molar-refractivity contribution >= 4 is 21.6 Å². The Labute approximate surface area is 179 Å². The third-order valence-electron chi connectivity index (χ3n) is 6.31. The number of hydrogen-bond donors (Lipinski definition) is 0. The van der Waals surface area contributed by atoms with Crippen LogP contribution in [-0.2, 0) is 10.0 Å². The van der Waals surface area contributed by atoms with Gasteiger partial charge in [-0.2, -0.15) is 4.31 Å². The number of hydrogen-bond acceptors (Lipinski definition) is 4. The lowest BCUT2D eigenvalue weighted by molar-refractivity contribution is 0.0746. The van der Waals surface area contributed by atoms with Crippen molar-refractivity contribution in [3.63, 3.8) is 0 Å². The van der Waals surface area contributed by atoms with Crippen molar-refractivity contribution in [3.8, 4) is 0 Å². The zero-order chi connectivity index (χ0) is 21.1. The van der Waals surface area contributed by atoms with Gasteiger partial charge in [-0.25, -0.2) is 8.42 Å². The van der Waals surface area contributed by atoms with Gasteiger partial charge in [0, 0.05) is 50.5 Å². The molecule has 2 fully saturated rings. The van der Waals surface area contributed by atoms with E-state index in [4.69, 9.17) is 0 Å². The van der Waals surface area contributed by atoms with E-state index in [9.17, 15) is 13.2 Å². The number of amides is 1. The van der Waals surface area contributed by atoms with Gasteiger partial charge in [-0.05, 0) is 49.2 Å². The molecule has 1 amide bonds. The van der Waals surface area contributed by atoms with Gasteiger partial charge in [-0.1, -0.05) is 31.0 Å². The minimum Gasteiger partial charge on any atom is -0.368 e. The molecule has 1 heterocycles. The summed E-state index contributed by atoms with van der Waals surface area (Å²) >= 11 is 0. The highest BCUT2D eigenvalue weighted by molar-refractivity contribution is 7.89. The number of carbonyl (C=O) groups is 1. The van der Waals surface area contributed by atoms with Crippen LogP contribution in [0, 0.1) is 0 Å². The van der Waals surface area contributed by atoms with Gasteiger partial charge in [-0.3, -0.25) is 4.79 Å². The highest BCUT2D eigenvalue weighted by Crippen LogP contribution is 2.27. The van der Waals surface area contributed by atoms with E-state index in [1.165, 1.54) is 9.99 Å². The molecule has 0 radical (unpaired) electrons. The predicted molar refractivity (Wildman–Crippen MR) is 118 cm³/mol. The number of para-hydroxylation sites is 1. The molecule has 6 nitrogen and oxygen atoms in total. The number of benzene rings is 2. The second-order valence-corrected chi connectivity index (χ2v) is 10.1. The van der Waals surface area contributed by atoms with Crippen molar-refractivity contribution in [2.75, 3.05) is 38.1 Å². The monoisotopic (exact) mass is 427 g/mol. The van der Waals surface area contributed by atoms with Gasteiger partial charge in [0.05, 0.1) is 4.90 Å². The quantitative estimate of drug-likeness (QED) is 0.735. The molecule has 7 heteroatoms. The summed E-state index contributed by atoms with van der Waals surface area (Å²) in [7, 11) is -1.86. The van der Waals surface area contributed by atoms with Gasteiger partial charge in [0.1, 0.15) is 0 Å². The van der Waals surface area contributed by atoms with Crippen LogP contribution in [0.1, 0.15) is 36.0 Å². The molecule has 0 bridgehead atoms. The number of piperazine rings is 1. The van der Waals surface area contributed by atoms with Gasteiger partial charge in [0.2, 0.25) is 10.0 Å². The Morgan fingerprint density at radius 1 is 0.900 bits per heavy atom. The minimum absolute atomic E-state index is 0.0455. The molecule has 1 saturated carbocycles. The van der Waals surface area contributed by atoms with Crippen molar-refractivity contribution in [3.05, 3.63) is 60.2 Å². The van der Waals surface area contributed by atoms with E-state index in [1.807, 2.05) is 23.1 Å². The summed E-state index contributed by atoms with van der Waals surface area (Å²) in [6.45, 7) is 2.87. The molecule has 2 aliphatic rings. The third kappa shape index (κ3) is 4.23. The summed E-state index contributed by atoms with van der Waals surface area (Å²) in [6.07, 6.45) is 3.99. The van der Waals surface area contributed by atoms with Crippen LogP contribution in [-0.4, -0.2) is 62.8 Å². The van der Waals surface area contributed by atoms with Gasteiger partial charge >= 0.3 is 0 Å². The van der Waals surface area contributed by atoms with Crippen LogP contribution in [0.25, 0.3) is 0 Å². The fourth-order valence-electron chi connectivity index (χ4n) is 4.39. The highest BCUT2D eigenvalue weighted by Gasteiger charge is 2.30. The van der Waals surface area contributed by atoms with Gasteiger partial charge < -0.3 is 9.80 Å². The van der Waals surface area contributed by atoms with Crippen LogP contribution >= 0.6 is 0 Å². The zero-order valence-electron chi connectivity index (χ0n) is 17.4. The molecule has 4 rings (SSSR count). The van der Waals surface area contributed by atoms with Gasteiger partial charge in [0.25, 0.3) is 5.91 Å². The summed E-state index contributed by atoms with van der Waals surface area (Å²) in [5.41, 5.74) is 1.70. The molecule has 1 saturated heterocycles. The van der Waals surface area contributed by atoms with Gasteiger partial charge in [-0.15, -0.1) is 0 Å². The molecule has 160 valence electrons. The van der Waals surface area contributed by atoms with Crippen molar-refractivity contribution in [1.29, 1.82) is 0 Å². The first-order valence-corrected chi connectivity index (χ1v) is 12.1. The number of anilines is 1.